The molecule has 0 saturated heterocycles. The largest absolute Gasteiger partial charge is 0.466 e. The standard InChI is InChI=1S/C21H21F2N3O3/c1-3-28-19(27)7-5-14-13-8-9-26-18(13)11-17(23)20(14)29-12-4-6-16(22)15(10-12)21(24)25-2/h4,6,8-11,26H,3,5,7H2,1-2H3,(H2,24,25). The third-order valence-corrected chi connectivity index (χ3v) is 4.43. The van der Waals surface area contributed by atoms with Crippen LogP contribution in [-0.2, 0) is 16.0 Å². The summed E-state index contributed by atoms with van der Waals surface area (Å²) in [5.41, 5.74) is 6.86. The van der Waals surface area contributed by atoms with Crippen LogP contribution in [0.4, 0.5) is 8.78 Å². The third kappa shape index (κ3) is 4.37. The predicted octanol–water partition coefficient (Wildman–Crippen LogP) is 4.07. The molecule has 0 bridgehead atoms. The summed E-state index contributed by atoms with van der Waals surface area (Å²) in [5, 5.41) is 0.725. The van der Waals surface area contributed by atoms with E-state index in [4.69, 9.17) is 15.2 Å². The second-order valence-corrected chi connectivity index (χ2v) is 6.26. The number of esters is 1. The van der Waals surface area contributed by atoms with Gasteiger partial charge in [-0.15, -0.1) is 0 Å². The summed E-state index contributed by atoms with van der Waals surface area (Å²) in [5.74, 6) is -1.41. The molecule has 3 rings (SSSR count). The van der Waals surface area contributed by atoms with E-state index in [0.717, 1.165) is 5.39 Å². The van der Waals surface area contributed by atoms with Gasteiger partial charge in [0.05, 0.1) is 12.2 Å². The monoisotopic (exact) mass is 401 g/mol. The molecule has 0 unspecified atom stereocenters. The molecule has 6 nitrogen and oxygen atoms in total. The van der Waals surface area contributed by atoms with E-state index >= 15 is 0 Å². The number of ether oxygens (including phenoxy) is 2. The second-order valence-electron chi connectivity index (χ2n) is 6.26. The van der Waals surface area contributed by atoms with Crippen LogP contribution >= 0.6 is 0 Å². The van der Waals surface area contributed by atoms with Crippen LogP contribution in [0.15, 0.2) is 41.5 Å². The van der Waals surface area contributed by atoms with E-state index in [1.54, 1.807) is 19.2 Å². The lowest BCUT2D eigenvalue weighted by Gasteiger charge is -2.14. The Morgan fingerprint density at radius 1 is 1.21 bits per heavy atom. The average molecular weight is 401 g/mol. The van der Waals surface area contributed by atoms with Gasteiger partial charge in [0, 0.05) is 42.2 Å². The Labute approximate surface area is 166 Å². The number of amidine groups is 1. The van der Waals surface area contributed by atoms with Gasteiger partial charge in [-0.1, -0.05) is 0 Å². The number of carbonyl (C=O) groups is 1. The molecule has 1 aromatic heterocycles. The molecule has 0 atom stereocenters. The van der Waals surface area contributed by atoms with Crippen molar-refractivity contribution in [1.29, 1.82) is 0 Å². The number of nitrogens with one attached hydrogen (secondary N) is 1. The van der Waals surface area contributed by atoms with E-state index in [9.17, 15) is 13.6 Å². The minimum Gasteiger partial charge on any atom is -0.466 e. The Kier molecular flexibility index (Phi) is 6.11. The zero-order chi connectivity index (χ0) is 21.0. The van der Waals surface area contributed by atoms with Gasteiger partial charge in [-0.2, -0.15) is 0 Å². The van der Waals surface area contributed by atoms with Crippen molar-refractivity contribution in [3.05, 3.63) is 59.3 Å². The molecule has 0 radical (unpaired) electrons. The van der Waals surface area contributed by atoms with Crippen molar-refractivity contribution in [3.63, 3.8) is 0 Å². The molecule has 8 heteroatoms. The van der Waals surface area contributed by atoms with Crippen molar-refractivity contribution in [3.8, 4) is 11.5 Å². The van der Waals surface area contributed by atoms with Crippen molar-refractivity contribution in [2.24, 2.45) is 10.7 Å². The minimum atomic E-state index is -0.609. The summed E-state index contributed by atoms with van der Waals surface area (Å²) in [7, 11) is 1.44. The zero-order valence-corrected chi connectivity index (χ0v) is 16.1. The second kappa shape index (κ2) is 8.72. The van der Waals surface area contributed by atoms with Gasteiger partial charge in [0.15, 0.2) is 11.6 Å². The van der Waals surface area contributed by atoms with Gasteiger partial charge in [-0.05, 0) is 37.6 Å². The fourth-order valence-corrected chi connectivity index (χ4v) is 3.04. The Balaban J connectivity index is 2.01. The highest BCUT2D eigenvalue weighted by molar-refractivity contribution is 5.98. The number of nitrogens with two attached hydrogens (primary N) is 1. The van der Waals surface area contributed by atoms with Crippen LogP contribution in [0.1, 0.15) is 24.5 Å². The molecule has 0 amide bonds. The maximum atomic E-state index is 14.8. The average Bonchev–Trinajstić information content (AvgIpc) is 3.16. The molecule has 29 heavy (non-hydrogen) atoms. The molecule has 0 aliphatic heterocycles. The number of aliphatic imine (C=N–C) groups is 1. The lowest BCUT2D eigenvalue weighted by Crippen LogP contribution is -2.15. The number of aromatic nitrogens is 1. The first-order valence-corrected chi connectivity index (χ1v) is 9.08. The Bertz CT molecular complexity index is 1080. The lowest BCUT2D eigenvalue weighted by atomic mass is 10.0. The van der Waals surface area contributed by atoms with Gasteiger partial charge in [0.2, 0.25) is 0 Å². The highest BCUT2D eigenvalue weighted by Crippen LogP contribution is 2.35. The maximum Gasteiger partial charge on any atom is 0.306 e. The summed E-state index contributed by atoms with van der Waals surface area (Å²) in [6.07, 6.45) is 1.96. The van der Waals surface area contributed by atoms with Crippen molar-refractivity contribution in [1.82, 2.24) is 4.98 Å². The van der Waals surface area contributed by atoms with Gasteiger partial charge in [0.1, 0.15) is 17.4 Å². The molecule has 152 valence electrons. The number of aromatic amines is 1. The highest BCUT2D eigenvalue weighted by Gasteiger charge is 2.19. The van der Waals surface area contributed by atoms with Crippen LogP contribution in [0.2, 0.25) is 0 Å². The molecule has 0 saturated carbocycles. The first-order chi connectivity index (χ1) is 13.9. The number of rotatable bonds is 7. The number of hydrogen-bond donors (Lipinski definition) is 2. The summed E-state index contributed by atoms with van der Waals surface area (Å²) < 4.78 is 39.6. The van der Waals surface area contributed by atoms with E-state index in [-0.39, 0.29) is 48.3 Å². The van der Waals surface area contributed by atoms with Crippen molar-refractivity contribution < 1.29 is 23.0 Å². The van der Waals surface area contributed by atoms with E-state index in [1.807, 2.05) is 0 Å². The predicted molar refractivity (Wildman–Crippen MR) is 106 cm³/mol. The topological polar surface area (TPSA) is 89.7 Å². The highest BCUT2D eigenvalue weighted by atomic mass is 19.1. The summed E-state index contributed by atoms with van der Waals surface area (Å²) in [4.78, 5) is 18.5. The molecule has 1 heterocycles. The van der Waals surface area contributed by atoms with Gasteiger partial charge in [-0.3, -0.25) is 9.79 Å². The van der Waals surface area contributed by atoms with Crippen molar-refractivity contribution >= 4 is 22.7 Å². The quantitative estimate of drug-likeness (QED) is 0.355. The fourth-order valence-electron chi connectivity index (χ4n) is 3.04. The number of benzene rings is 2. The number of nitrogens with zero attached hydrogens (tertiary/aromatic N) is 1. The number of halogens is 2. The molecule has 3 aromatic rings. The number of carbonyl (C=O) groups excluding carboxylic acids is 1. The normalized spacial score (nSPS) is 11.7. The Morgan fingerprint density at radius 2 is 2.00 bits per heavy atom. The smallest absolute Gasteiger partial charge is 0.306 e. The molecule has 3 N–H and O–H groups in total. The van der Waals surface area contributed by atoms with Crippen LogP contribution < -0.4 is 10.5 Å². The van der Waals surface area contributed by atoms with Gasteiger partial charge >= 0.3 is 5.97 Å². The SMILES string of the molecule is CCOC(=O)CCc1c(Oc2ccc(F)c(C(N)=NC)c2)c(F)cc2[nH]ccc12. The first kappa shape index (κ1) is 20.3. The minimum absolute atomic E-state index is 0.00274. The third-order valence-electron chi connectivity index (χ3n) is 4.43. The molecule has 0 aliphatic rings. The van der Waals surface area contributed by atoms with E-state index in [0.29, 0.717) is 11.1 Å². The molecule has 0 spiro atoms. The first-order valence-electron chi connectivity index (χ1n) is 9.08. The van der Waals surface area contributed by atoms with Crippen LogP contribution in [0.5, 0.6) is 11.5 Å². The molecule has 0 aliphatic carbocycles. The zero-order valence-electron chi connectivity index (χ0n) is 16.1. The Morgan fingerprint density at radius 3 is 2.72 bits per heavy atom. The van der Waals surface area contributed by atoms with E-state index < -0.39 is 11.6 Å². The number of H-pyrrole nitrogens is 1. The van der Waals surface area contributed by atoms with Crippen LogP contribution in [-0.4, -0.2) is 30.4 Å². The van der Waals surface area contributed by atoms with Crippen LogP contribution in [0.25, 0.3) is 10.9 Å². The fraction of sp³-hybridized carbons (Fsp3) is 0.238. The van der Waals surface area contributed by atoms with E-state index in [2.05, 4.69) is 9.98 Å². The van der Waals surface area contributed by atoms with Crippen LogP contribution in [0.3, 0.4) is 0 Å². The molecular formula is C21H21F2N3O3. The van der Waals surface area contributed by atoms with Crippen molar-refractivity contribution in [2.45, 2.75) is 19.8 Å². The molecular weight excluding hydrogens is 380 g/mol. The lowest BCUT2D eigenvalue weighted by molar-refractivity contribution is -0.143. The Hall–Kier alpha value is -3.42. The summed E-state index contributed by atoms with van der Waals surface area (Å²) in [6.45, 7) is 1.99. The number of aryl methyl sites for hydroxylation is 1. The molecule has 0 fully saturated rings. The number of fused-ring (bicyclic) bond motifs is 1. The van der Waals surface area contributed by atoms with Crippen LogP contribution in [0, 0.1) is 11.6 Å². The van der Waals surface area contributed by atoms with Gasteiger partial charge in [-0.25, -0.2) is 8.78 Å². The maximum absolute atomic E-state index is 14.8. The van der Waals surface area contributed by atoms with E-state index in [1.165, 1.54) is 31.3 Å². The van der Waals surface area contributed by atoms with Gasteiger partial charge in [0.25, 0.3) is 0 Å². The van der Waals surface area contributed by atoms with Crippen molar-refractivity contribution in [2.75, 3.05) is 13.7 Å². The van der Waals surface area contributed by atoms with Gasteiger partial charge < -0.3 is 20.2 Å². The molecule has 2 aromatic carbocycles. The summed E-state index contributed by atoms with van der Waals surface area (Å²) >= 11 is 0. The summed E-state index contributed by atoms with van der Waals surface area (Å²) in [6, 6.07) is 6.99. The number of hydrogen-bond acceptors (Lipinski definition) is 4.